The summed E-state index contributed by atoms with van der Waals surface area (Å²) in [6.07, 6.45) is 1.94. The van der Waals surface area contributed by atoms with E-state index in [-0.39, 0.29) is 25.1 Å². The van der Waals surface area contributed by atoms with Crippen molar-refractivity contribution in [2.75, 3.05) is 6.61 Å². The SMILES string of the molecule is O=c1[nH]c(=O)n(CC/C(=C/F)CO)cc1I. The predicted octanol–water partition coefficient (Wildman–Crippen LogP) is 0.377. The van der Waals surface area contributed by atoms with Gasteiger partial charge < -0.3 is 5.11 Å². The van der Waals surface area contributed by atoms with Gasteiger partial charge in [-0.05, 0) is 34.6 Å². The van der Waals surface area contributed by atoms with Gasteiger partial charge in [0.15, 0.2) is 0 Å². The number of aryl methyl sites for hydroxylation is 1. The second kappa shape index (κ2) is 5.94. The molecule has 5 nitrogen and oxygen atoms in total. The first kappa shape index (κ1) is 13.1. The number of aliphatic hydroxyl groups excluding tert-OH is 1. The van der Waals surface area contributed by atoms with Crippen LogP contribution in [0.15, 0.2) is 27.7 Å². The Morgan fingerprint density at radius 2 is 2.31 bits per heavy atom. The molecule has 0 atom stereocenters. The van der Waals surface area contributed by atoms with Gasteiger partial charge in [0.1, 0.15) is 0 Å². The standard InChI is InChI=1S/C9H10FIN2O3/c10-3-6(5-14)1-2-13-4-7(11)8(15)12-9(13)16/h3-4,14H,1-2,5H2,(H,12,15,16)/b6-3-. The van der Waals surface area contributed by atoms with E-state index >= 15 is 0 Å². The number of rotatable bonds is 4. The summed E-state index contributed by atoms with van der Waals surface area (Å²) in [6.45, 7) is -0.173. The van der Waals surface area contributed by atoms with Crippen LogP contribution in [0.4, 0.5) is 4.39 Å². The first-order chi connectivity index (χ1) is 7.58. The van der Waals surface area contributed by atoms with Gasteiger partial charge in [-0.15, -0.1) is 0 Å². The summed E-state index contributed by atoms with van der Waals surface area (Å²) in [7, 11) is 0. The highest BCUT2D eigenvalue weighted by molar-refractivity contribution is 14.1. The van der Waals surface area contributed by atoms with Crippen molar-refractivity contribution >= 4 is 22.6 Å². The zero-order valence-electron chi connectivity index (χ0n) is 8.24. The molecule has 88 valence electrons. The summed E-state index contributed by atoms with van der Waals surface area (Å²) in [6, 6.07) is 0. The van der Waals surface area contributed by atoms with Crippen molar-refractivity contribution in [1.29, 1.82) is 0 Å². The van der Waals surface area contributed by atoms with Gasteiger partial charge in [-0.3, -0.25) is 14.3 Å². The van der Waals surface area contributed by atoms with E-state index in [0.29, 0.717) is 9.90 Å². The van der Waals surface area contributed by atoms with Crippen LogP contribution in [-0.2, 0) is 6.54 Å². The number of aliphatic hydroxyl groups is 1. The van der Waals surface area contributed by atoms with Crippen LogP contribution >= 0.6 is 22.6 Å². The molecule has 0 aliphatic carbocycles. The van der Waals surface area contributed by atoms with Crippen LogP contribution < -0.4 is 11.2 Å². The smallest absolute Gasteiger partial charge is 0.328 e. The third-order valence-corrected chi connectivity index (χ3v) is 2.77. The molecule has 0 saturated heterocycles. The summed E-state index contributed by atoms with van der Waals surface area (Å²) < 4.78 is 13.8. The zero-order valence-corrected chi connectivity index (χ0v) is 10.4. The quantitative estimate of drug-likeness (QED) is 0.778. The van der Waals surface area contributed by atoms with Crippen molar-refractivity contribution in [3.8, 4) is 0 Å². The van der Waals surface area contributed by atoms with Crippen molar-refractivity contribution in [1.82, 2.24) is 9.55 Å². The minimum Gasteiger partial charge on any atom is -0.392 e. The van der Waals surface area contributed by atoms with Crippen LogP contribution in [0.2, 0.25) is 0 Å². The zero-order chi connectivity index (χ0) is 12.1. The molecule has 0 saturated carbocycles. The fourth-order valence-corrected chi connectivity index (χ4v) is 1.55. The molecule has 1 heterocycles. The van der Waals surface area contributed by atoms with Gasteiger partial charge in [-0.1, -0.05) is 0 Å². The number of halogens is 2. The molecule has 16 heavy (non-hydrogen) atoms. The molecule has 0 aliphatic rings. The number of H-pyrrole nitrogens is 1. The van der Waals surface area contributed by atoms with E-state index in [0.717, 1.165) is 0 Å². The minimum atomic E-state index is -0.540. The lowest BCUT2D eigenvalue weighted by Gasteiger charge is -2.05. The van der Waals surface area contributed by atoms with Crippen LogP contribution in [-0.4, -0.2) is 21.3 Å². The third-order valence-electron chi connectivity index (χ3n) is 2.00. The Kier molecular flexibility index (Phi) is 4.87. The molecule has 1 aromatic heterocycles. The van der Waals surface area contributed by atoms with E-state index in [1.807, 2.05) is 0 Å². The van der Waals surface area contributed by atoms with Crippen LogP contribution in [0.3, 0.4) is 0 Å². The fourth-order valence-electron chi connectivity index (χ4n) is 1.08. The van der Waals surface area contributed by atoms with E-state index in [1.54, 1.807) is 22.6 Å². The molecule has 0 unspecified atom stereocenters. The number of nitrogens with one attached hydrogen (secondary N) is 1. The summed E-state index contributed by atoms with van der Waals surface area (Å²) >= 11 is 1.80. The van der Waals surface area contributed by atoms with Gasteiger partial charge >= 0.3 is 5.69 Å². The van der Waals surface area contributed by atoms with E-state index in [9.17, 15) is 14.0 Å². The highest BCUT2D eigenvalue weighted by Gasteiger charge is 2.03. The van der Waals surface area contributed by atoms with Gasteiger partial charge in [-0.2, -0.15) is 0 Å². The Labute approximate surface area is 104 Å². The van der Waals surface area contributed by atoms with E-state index in [1.165, 1.54) is 10.8 Å². The topological polar surface area (TPSA) is 75.1 Å². The average Bonchev–Trinajstić information content (AvgIpc) is 2.26. The molecule has 7 heteroatoms. The molecule has 0 bridgehead atoms. The third kappa shape index (κ3) is 3.27. The normalized spacial score (nSPS) is 11.8. The van der Waals surface area contributed by atoms with Crippen LogP contribution in [0.5, 0.6) is 0 Å². The molecular formula is C9H10FIN2O3. The summed E-state index contributed by atoms with van der Waals surface area (Å²) in [5.74, 6) is 0. The maximum Gasteiger partial charge on any atom is 0.328 e. The Bertz CT molecular complexity index is 506. The lowest BCUT2D eigenvalue weighted by molar-refractivity contribution is 0.321. The van der Waals surface area contributed by atoms with Crippen molar-refractivity contribution in [2.45, 2.75) is 13.0 Å². The molecule has 0 aromatic carbocycles. The van der Waals surface area contributed by atoms with E-state index in [2.05, 4.69) is 4.98 Å². The molecule has 0 fully saturated rings. The first-order valence-electron chi connectivity index (χ1n) is 4.46. The van der Waals surface area contributed by atoms with Gasteiger partial charge in [0.25, 0.3) is 5.56 Å². The van der Waals surface area contributed by atoms with Gasteiger partial charge in [0.2, 0.25) is 0 Å². The molecule has 1 aromatic rings. The summed E-state index contributed by atoms with van der Waals surface area (Å²) in [4.78, 5) is 24.5. The molecule has 0 aliphatic heterocycles. The Balaban J connectivity index is 2.87. The Morgan fingerprint density at radius 3 is 2.88 bits per heavy atom. The Hall–Kier alpha value is -0.960. The van der Waals surface area contributed by atoms with E-state index in [4.69, 9.17) is 5.11 Å². The molecule has 2 N–H and O–H groups in total. The number of aromatic amines is 1. The average molecular weight is 340 g/mol. The lowest BCUT2D eigenvalue weighted by Crippen LogP contribution is -2.31. The summed E-state index contributed by atoms with van der Waals surface area (Å²) in [5, 5.41) is 8.72. The second-order valence-electron chi connectivity index (χ2n) is 3.11. The highest BCUT2D eigenvalue weighted by atomic mass is 127. The predicted molar refractivity (Wildman–Crippen MR) is 64.9 cm³/mol. The maximum atomic E-state index is 12.1. The monoisotopic (exact) mass is 340 g/mol. The van der Waals surface area contributed by atoms with Crippen molar-refractivity contribution < 1.29 is 9.50 Å². The molecule has 0 radical (unpaired) electrons. The molecular weight excluding hydrogens is 330 g/mol. The number of nitrogens with zero attached hydrogens (tertiary/aromatic N) is 1. The summed E-state index contributed by atoms with van der Waals surface area (Å²) in [5.41, 5.74) is -0.778. The maximum absolute atomic E-state index is 12.1. The van der Waals surface area contributed by atoms with Crippen LogP contribution in [0.25, 0.3) is 0 Å². The number of hydrogen-bond donors (Lipinski definition) is 2. The van der Waals surface area contributed by atoms with Crippen molar-refractivity contribution in [3.63, 3.8) is 0 Å². The largest absolute Gasteiger partial charge is 0.392 e. The molecule has 0 amide bonds. The molecule has 1 rings (SSSR count). The van der Waals surface area contributed by atoms with E-state index < -0.39 is 11.2 Å². The highest BCUT2D eigenvalue weighted by Crippen LogP contribution is 2.02. The molecule has 0 spiro atoms. The second-order valence-corrected chi connectivity index (χ2v) is 4.27. The van der Waals surface area contributed by atoms with Crippen LogP contribution in [0, 0.1) is 3.57 Å². The minimum absolute atomic E-state index is 0.202. The van der Waals surface area contributed by atoms with Gasteiger partial charge in [0.05, 0.1) is 16.5 Å². The fraction of sp³-hybridized carbons (Fsp3) is 0.333. The number of aromatic nitrogens is 2. The van der Waals surface area contributed by atoms with Gasteiger partial charge in [-0.25, -0.2) is 9.18 Å². The van der Waals surface area contributed by atoms with Crippen molar-refractivity contribution in [2.24, 2.45) is 0 Å². The van der Waals surface area contributed by atoms with Crippen molar-refractivity contribution in [3.05, 3.63) is 42.5 Å². The lowest BCUT2D eigenvalue weighted by atomic mass is 10.2. The number of hydrogen-bond acceptors (Lipinski definition) is 3. The Morgan fingerprint density at radius 1 is 1.62 bits per heavy atom. The first-order valence-corrected chi connectivity index (χ1v) is 5.54. The van der Waals surface area contributed by atoms with Crippen LogP contribution in [0.1, 0.15) is 6.42 Å². The van der Waals surface area contributed by atoms with Gasteiger partial charge in [0, 0.05) is 12.7 Å².